The van der Waals surface area contributed by atoms with Gasteiger partial charge in [-0.1, -0.05) is 26.0 Å². The van der Waals surface area contributed by atoms with E-state index in [9.17, 15) is 0 Å². The molecule has 30 heavy (non-hydrogen) atoms. The van der Waals surface area contributed by atoms with Gasteiger partial charge in [-0.2, -0.15) is 5.10 Å². The van der Waals surface area contributed by atoms with Crippen molar-refractivity contribution < 1.29 is 9.47 Å². The van der Waals surface area contributed by atoms with E-state index in [1.807, 2.05) is 29.1 Å². The molecule has 1 aromatic carbocycles. The van der Waals surface area contributed by atoms with Gasteiger partial charge in [0.2, 0.25) is 4.80 Å². The van der Waals surface area contributed by atoms with Crippen molar-refractivity contribution in [2.24, 2.45) is 27.3 Å². The molecule has 0 saturated heterocycles. The molecule has 2 unspecified atom stereocenters. The summed E-state index contributed by atoms with van der Waals surface area (Å²) in [6.45, 7) is 9.09. The molecule has 1 heterocycles. The van der Waals surface area contributed by atoms with E-state index in [4.69, 9.17) is 14.6 Å². The third-order valence-electron chi connectivity index (χ3n) is 6.56. The molecule has 3 aliphatic carbocycles. The first-order chi connectivity index (χ1) is 14.5. The smallest absolute Gasteiger partial charge is 0.206 e. The Kier molecular flexibility index (Phi) is 5.69. The number of methoxy groups -OCH3 is 2. The van der Waals surface area contributed by atoms with Crippen molar-refractivity contribution in [2.45, 2.75) is 26.7 Å². The normalized spacial score (nSPS) is 22.5. The molecule has 5 nitrogen and oxygen atoms in total. The van der Waals surface area contributed by atoms with Gasteiger partial charge in [0.25, 0.3) is 0 Å². The van der Waals surface area contributed by atoms with Crippen LogP contribution in [-0.2, 0) is 0 Å². The number of allylic oxidation sites excluding steroid dienone is 2. The van der Waals surface area contributed by atoms with Crippen molar-refractivity contribution in [1.82, 2.24) is 4.68 Å². The van der Waals surface area contributed by atoms with Crippen molar-refractivity contribution in [3.8, 4) is 22.8 Å². The Morgan fingerprint density at radius 2 is 2.13 bits per heavy atom. The molecule has 1 aromatic heterocycles. The summed E-state index contributed by atoms with van der Waals surface area (Å²) in [5.74, 6) is 2.90. The van der Waals surface area contributed by atoms with Gasteiger partial charge in [0.15, 0.2) is 0 Å². The minimum Gasteiger partial charge on any atom is -0.497 e. The van der Waals surface area contributed by atoms with Crippen LogP contribution in [0.3, 0.4) is 0 Å². The first kappa shape index (κ1) is 20.7. The Hall–Kier alpha value is -2.60. The van der Waals surface area contributed by atoms with E-state index in [-0.39, 0.29) is 0 Å². The molecule has 1 fully saturated rings. The zero-order valence-corrected chi connectivity index (χ0v) is 18.9. The van der Waals surface area contributed by atoms with E-state index >= 15 is 0 Å². The Morgan fingerprint density at radius 1 is 1.30 bits per heavy atom. The third-order valence-corrected chi connectivity index (χ3v) is 7.41. The lowest BCUT2D eigenvalue weighted by Gasteiger charge is -2.55. The van der Waals surface area contributed by atoms with Gasteiger partial charge in [0.1, 0.15) is 11.5 Å². The summed E-state index contributed by atoms with van der Waals surface area (Å²) in [6, 6.07) is 5.83. The number of aromatic nitrogens is 1. The quantitative estimate of drug-likeness (QED) is 0.457. The Balaban J connectivity index is 1.76. The van der Waals surface area contributed by atoms with Crippen LogP contribution < -0.4 is 14.3 Å². The largest absolute Gasteiger partial charge is 0.497 e. The van der Waals surface area contributed by atoms with Crippen molar-refractivity contribution in [2.75, 3.05) is 20.8 Å². The standard InChI is InChI=1S/C24H29N3O2S/c1-6-11-25-23-27(26-14-16-7-8-17-12-20(16)24(17,2)3)21(15-30-23)19-10-9-18(28-4)13-22(19)29-5/h6-7,9-10,13-15,17,20H,1,8,11-12H2,2-5H3. The van der Waals surface area contributed by atoms with E-state index in [1.54, 1.807) is 31.6 Å². The topological polar surface area (TPSA) is 48.1 Å². The summed E-state index contributed by atoms with van der Waals surface area (Å²) in [6.07, 6.45) is 8.59. The molecular weight excluding hydrogens is 394 g/mol. The fraction of sp³-hybridized carbons (Fsp3) is 0.417. The summed E-state index contributed by atoms with van der Waals surface area (Å²) in [5.41, 5.74) is 3.60. The lowest BCUT2D eigenvalue weighted by molar-refractivity contribution is -0.00126. The number of rotatable bonds is 7. The van der Waals surface area contributed by atoms with Crippen LogP contribution in [0.2, 0.25) is 0 Å². The Bertz CT molecular complexity index is 1070. The zero-order valence-electron chi connectivity index (χ0n) is 18.1. The molecule has 0 amide bonds. The second-order valence-electron chi connectivity index (χ2n) is 8.40. The van der Waals surface area contributed by atoms with Gasteiger partial charge in [0, 0.05) is 17.0 Å². The molecule has 0 aliphatic heterocycles. The number of thiazole rings is 1. The van der Waals surface area contributed by atoms with Gasteiger partial charge in [-0.25, -0.2) is 4.68 Å². The average molecular weight is 424 g/mol. The number of hydrogen-bond acceptors (Lipinski definition) is 5. The van der Waals surface area contributed by atoms with Gasteiger partial charge in [-0.15, -0.1) is 17.9 Å². The third kappa shape index (κ3) is 3.54. The number of benzene rings is 1. The zero-order chi connectivity index (χ0) is 21.3. The van der Waals surface area contributed by atoms with Crippen molar-refractivity contribution in [3.63, 3.8) is 0 Å². The molecule has 0 radical (unpaired) electrons. The molecular formula is C24H29N3O2S. The van der Waals surface area contributed by atoms with Crippen molar-refractivity contribution in [3.05, 3.63) is 52.7 Å². The fourth-order valence-corrected chi connectivity index (χ4v) is 5.37. The maximum Gasteiger partial charge on any atom is 0.206 e. The van der Waals surface area contributed by atoms with Crippen LogP contribution >= 0.6 is 11.3 Å². The number of nitrogens with zero attached hydrogens (tertiary/aromatic N) is 3. The lowest BCUT2D eigenvalue weighted by Crippen LogP contribution is -2.48. The summed E-state index contributed by atoms with van der Waals surface area (Å²) in [7, 11) is 3.32. The van der Waals surface area contributed by atoms with Gasteiger partial charge >= 0.3 is 0 Å². The van der Waals surface area contributed by atoms with Crippen molar-refractivity contribution >= 4 is 17.6 Å². The summed E-state index contributed by atoms with van der Waals surface area (Å²) in [4.78, 5) is 5.48. The fourth-order valence-electron chi connectivity index (χ4n) is 4.53. The maximum atomic E-state index is 5.63. The Labute approximate surface area is 182 Å². The van der Waals surface area contributed by atoms with Gasteiger partial charge < -0.3 is 9.47 Å². The van der Waals surface area contributed by atoms with Crippen LogP contribution in [0.5, 0.6) is 11.5 Å². The van der Waals surface area contributed by atoms with E-state index < -0.39 is 0 Å². The average Bonchev–Trinajstić information content (AvgIpc) is 3.17. The molecule has 5 rings (SSSR count). The Morgan fingerprint density at radius 3 is 2.80 bits per heavy atom. The van der Waals surface area contributed by atoms with Gasteiger partial charge in [0.05, 0.1) is 32.7 Å². The van der Waals surface area contributed by atoms with E-state index in [1.165, 1.54) is 12.0 Å². The van der Waals surface area contributed by atoms with Crippen LogP contribution in [0, 0.1) is 17.3 Å². The maximum absolute atomic E-state index is 5.63. The van der Waals surface area contributed by atoms with Crippen LogP contribution in [0.25, 0.3) is 11.3 Å². The van der Waals surface area contributed by atoms with E-state index in [2.05, 4.69) is 36.9 Å². The lowest BCUT2D eigenvalue weighted by atomic mass is 9.49. The predicted molar refractivity (Wildman–Crippen MR) is 123 cm³/mol. The van der Waals surface area contributed by atoms with Gasteiger partial charge in [-0.3, -0.25) is 4.99 Å². The van der Waals surface area contributed by atoms with Crippen LogP contribution in [-0.4, -0.2) is 31.7 Å². The highest BCUT2D eigenvalue weighted by molar-refractivity contribution is 7.07. The molecule has 6 heteroatoms. The molecule has 2 bridgehead atoms. The SMILES string of the molecule is C=CCN=c1scc(-c2ccc(OC)cc2OC)n1N=CC1=CCC2CC1C2(C)C. The predicted octanol–water partition coefficient (Wildman–Crippen LogP) is 5.15. The molecule has 2 atom stereocenters. The number of fused-ring (bicyclic) bond motifs is 1. The summed E-state index contributed by atoms with van der Waals surface area (Å²) < 4.78 is 12.9. The molecule has 1 saturated carbocycles. The summed E-state index contributed by atoms with van der Waals surface area (Å²) in [5, 5.41) is 6.97. The minimum absolute atomic E-state index is 0.369. The van der Waals surface area contributed by atoms with E-state index in [0.29, 0.717) is 17.9 Å². The minimum atomic E-state index is 0.369. The van der Waals surface area contributed by atoms with Crippen LogP contribution in [0.15, 0.2) is 58.0 Å². The highest BCUT2D eigenvalue weighted by atomic mass is 32.1. The van der Waals surface area contributed by atoms with Crippen LogP contribution in [0.1, 0.15) is 26.7 Å². The monoisotopic (exact) mass is 423 g/mol. The number of hydrogen-bond donors (Lipinski definition) is 0. The first-order valence-electron chi connectivity index (χ1n) is 10.3. The second kappa shape index (κ2) is 8.26. The summed E-state index contributed by atoms with van der Waals surface area (Å²) >= 11 is 1.57. The van der Waals surface area contributed by atoms with Gasteiger partial charge in [-0.05, 0) is 47.8 Å². The molecule has 158 valence electrons. The highest BCUT2D eigenvalue weighted by Crippen LogP contribution is 2.58. The van der Waals surface area contributed by atoms with Crippen LogP contribution in [0.4, 0.5) is 0 Å². The highest BCUT2D eigenvalue weighted by Gasteiger charge is 2.50. The number of ether oxygens (including phenoxy) is 2. The molecule has 3 aliphatic rings. The first-order valence-corrected chi connectivity index (χ1v) is 11.2. The molecule has 0 spiro atoms. The van der Waals surface area contributed by atoms with Crippen molar-refractivity contribution in [1.29, 1.82) is 0 Å². The molecule has 2 aromatic rings. The van der Waals surface area contributed by atoms with E-state index in [0.717, 1.165) is 39.9 Å². The molecule has 0 N–H and O–H groups in total. The second-order valence-corrected chi connectivity index (χ2v) is 9.24.